The molecule has 2 aromatic carbocycles. The predicted molar refractivity (Wildman–Crippen MR) is 126 cm³/mol. The molecular formula is C23H24BrFN4O3. The molecule has 1 fully saturated rings. The smallest absolute Gasteiger partial charge is 0.356 e. The fourth-order valence-electron chi connectivity index (χ4n) is 3.96. The molecule has 0 unspecified atom stereocenters. The van der Waals surface area contributed by atoms with Crippen LogP contribution in [-0.4, -0.2) is 61.1 Å². The number of carbonyl (C=O) groups is 2. The van der Waals surface area contributed by atoms with Crippen molar-refractivity contribution in [3.05, 3.63) is 58.4 Å². The molecule has 0 bridgehead atoms. The average Bonchev–Trinajstić information content (AvgIpc) is 3.16. The Balaban J connectivity index is 1.47. The highest BCUT2D eigenvalue weighted by Crippen LogP contribution is 2.31. The molecule has 0 saturated carbocycles. The van der Waals surface area contributed by atoms with Gasteiger partial charge in [-0.15, -0.1) is 0 Å². The van der Waals surface area contributed by atoms with E-state index in [4.69, 9.17) is 4.74 Å². The van der Waals surface area contributed by atoms with E-state index < -0.39 is 12.0 Å². The minimum Gasteiger partial charge on any atom is -0.464 e. The molecule has 1 amide bonds. The van der Waals surface area contributed by atoms with Crippen LogP contribution in [0.1, 0.15) is 17.4 Å². The molecular weight excluding hydrogens is 479 g/mol. The van der Waals surface area contributed by atoms with Crippen LogP contribution in [0.2, 0.25) is 0 Å². The Morgan fingerprint density at radius 1 is 1.12 bits per heavy atom. The monoisotopic (exact) mass is 502 g/mol. The van der Waals surface area contributed by atoms with Crippen molar-refractivity contribution in [3.8, 4) is 0 Å². The number of H-pyrrole nitrogens is 1. The molecule has 3 aromatic rings. The van der Waals surface area contributed by atoms with Gasteiger partial charge in [0.25, 0.3) is 0 Å². The highest BCUT2D eigenvalue weighted by Gasteiger charge is 2.28. The zero-order valence-electron chi connectivity index (χ0n) is 17.8. The van der Waals surface area contributed by atoms with Crippen LogP contribution in [0.25, 0.3) is 10.9 Å². The molecule has 1 aliphatic rings. The van der Waals surface area contributed by atoms with Gasteiger partial charge in [-0.3, -0.25) is 9.69 Å². The number of hydrogen-bond donors (Lipinski definition) is 2. The van der Waals surface area contributed by atoms with Crippen molar-refractivity contribution >= 4 is 50.1 Å². The summed E-state index contributed by atoms with van der Waals surface area (Å²) < 4.78 is 18.9. The highest BCUT2D eigenvalue weighted by atomic mass is 79.9. The van der Waals surface area contributed by atoms with Crippen molar-refractivity contribution < 1.29 is 18.7 Å². The Morgan fingerprint density at radius 2 is 1.81 bits per heavy atom. The van der Waals surface area contributed by atoms with Crippen molar-refractivity contribution in [2.75, 3.05) is 43.5 Å². The number of piperazine rings is 1. The summed E-state index contributed by atoms with van der Waals surface area (Å²) in [6, 6.07) is 11.6. The number of anilines is 2. The van der Waals surface area contributed by atoms with Crippen LogP contribution in [0.4, 0.5) is 15.8 Å². The molecule has 7 nitrogen and oxygen atoms in total. The fourth-order valence-corrected chi connectivity index (χ4v) is 4.32. The van der Waals surface area contributed by atoms with E-state index in [0.29, 0.717) is 18.8 Å². The Kier molecular flexibility index (Phi) is 6.48. The maximum Gasteiger partial charge on any atom is 0.356 e. The molecule has 1 aromatic heterocycles. The first-order valence-corrected chi connectivity index (χ1v) is 11.1. The second kappa shape index (κ2) is 9.30. The largest absolute Gasteiger partial charge is 0.464 e. The van der Waals surface area contributed by atoms with E-state index in [0.717, 1.165) is 34.2 Å². The minimum atomic E-state index is -0.548. The number of amides is 1. The van der Waals surface area contributed by atoms with Crippen LogP contribution in [0.3, 0.4) is 0 Å². The lowest BCUT2D eigenvalue weighted by Crippen LogP contribution is -2.52. The van der Waals surface area contributed by atoms with Gasteiger partial charge in [-0.25, -0.2) is 9.18 Å². The molecule has 1 atom stereocenters. The Morgan fingerprint density at radius 3 is 2.47 bits per heavy atom. The van der Waals surface area contributed by atoms with Crippen LogP contribution >= 0.6 is 15.9 Å². The van der Waals surface area contributed by atoms with Crippen LogP contribution in [-0.2, 0) is 9.53 Å². The first-order valence-electron chi connectivity index (χ1n) is 10.3. The molecule has 4 rings (SSSR count). The number of carbonyl (C=O) groups excluding carboxylic acids is 2. The highest BCUT2D eigenvalue weighted by molar-refractivity contribution is 9.10. The minimum absolute atomic E-state index is 0.203. The summed E-state index contributed by atoms with van der Waals surface area (Å²) in [5.41, 5.74) is 2.32. The normalized spacial score (nSPS) is 15.6. The second-order valence-corrected chi connectivity index (χ2v) is 8.64. The van der Waals surface area contributed by atoms with E-state index in [2.05, 4.69) is 36.0 Å². The number of fused-ring (bicyclic) bond motifs is 1. The molecule has 2 heterocycles. The summed E-state index contributed by atoms with van der Waals surface area (Å²) in [7, 11) is 1.30. The quantitative estimate of drug-likeness (QED) is 0.515. The molecule has 32 heavy (non-hydrogen) atoms. The number of hydrogen-bond acceptors (Lipinski definition) is 5. The third-order valence-electron chi connectivity index (χ3n) is 5.83. The second-order valence-electron chi connectivity index (χ2n) is 7.72. The van der Waals surface area contributed by atoms with Gasteiger partial charge in [-0.1, -0.05) is 15.9 Å². The lowest BCUT2D eigenvalue weighted by Gasteiger charge is -2.38. The number of aromatic amines is 1. The van der Waals surface area contributed by atoms with Gasteiger partial charge in [-0.05, 0) is 49.4 Å². The number of esters is 1. The third kappa shape index (κ3) is 4.49. The summed E-state index contributed by atoms with van der Waals surface area (Å²) in [5, 5.41) is 3.66. The van der Waals surface area contributed by atoms with E-state index in [1.807, 2.05) is 25.1 Å². The maximum atomic E-state index is 13.2. The van der Waals surface area contributed by atoms with Crippen molar-refractivity contribution in [1.29, 1.82) is 0 Å². The van der Waals surface area contributed by atoms with Gasteiger partial charge < -0.3 is 19.9 Å². The summed E-state index contributed by atoms with van der Waals surface area (Å²) in [4.78, 5) is 32.7. The van der Waals surface area contributed by atoms with Crippen molar-refractivity contribution in [2.45, 2.75) is 13.0 Å². The molecule has 0 spiro atoms. The third-order valence-corrected chi connectivity index (χ3v) is 6.32. The first kappa shape index (κ1) is 22.3. The number of nitrogens with one attached hydrogen (secondary N) is 2. The van der Waals surface area contributed by atoms with Crippen LogP contribution in [0, 0.1) is 5.82 Å². The number of nitrogens with zero attached hydrogens (tertiary/aromatic N) is 2. The number of ether oxygens (including phenoxy) is 1. The fraction of sp³-hybridized carbons (Fsp3) is 0.304. The molecule has 9 heteroatoms. The van der Waals surface area contributed by atoms with Gasteiger partial charge >= 0.3 is 5.97 Å². The van der Waals surface area contributed by atoms with E-state index in [1.54, 1.807) is 12.1 Å². The van der Waals surface area contributed by atoms with Crippen molar-refractivity contribution in [1.82, 2.24) is 9.88 Å². The van der Waals surface area contributed by atoms with Crippen molar-refractivity contribution in [2.24, 2.45) is 0 Å². The van der Waals surface area contributed by atoms with E-state index in [-0.39, 0.29) is 17.4 Å². The number of rotatable bonds is 5. The zero-order chi connectivity index (χ0) is 22.8. The lowest BCUT2D eigenvalue weighted by atomic mass is 10.1. The first-order chi connectivity index (χ1) is 15.4. The molecule has 0 radical (unpaired) electrons. The number of methoxy groups -OCH3 is 1. The number of benzene rings is 2. The molecule has 2 N–H and O–H groups in total. The topological polar surface area (TPSA) is 77.7 Å². The standard InChI is InChI=1S/C23H24BrFN4O3/c1-14(28-9-11-29(12-10-28)17-6-4-16(25)5-7-17)22(30)27-20-18-13-15(24)3-8-19(18)26-21(20)23(31)32-2/h3-8,13-14,26H,9-12H2,1-2H3,(H,27,30)/t14-/m1/s1. The molecule has 1 saturated heterocycles. The Hall–Kier alpha value is -2.91. The average molecular weight is 503 g/mol. The number of halogens is 2. The van der Waals surface area contributed by atoms with Crippen LogP contribution in [0.15, 0.2) is 46.9 Å². The van der Waals surface area contributed by atoms with E-state index in [9.17, 15) is 14.0 Å². The van der Waals surface area contributed by atoms with Crippen LogP contribution < -0.4 is 10.2 Å². The maximum absolute atomic E-state index is 13.2. The Labute approximate surface area is 193 Å². The SMILES string of the molecule is COC(=O)c1[nH]c2ccc(Br)cc2c1NC(=O)[C@@H](C)N1CCN(c2ccc(F)cc2)CC1. The van der Waals surface area contributed by atoms with Gasteiger partial charge in [0, 0.05) is 47.2 Å². The molecule has 1 aliphatic heterocycles. The van der Waals surface area contributed by atoms with Gasteiger partial charge in [0.1, 0.15) is 11.5 Å². The van der Waals surface area contributed by atoms with E-state index in [1.165, 1.54) is 19.2 Å². The zero-order valence-corrected chi connectivity index (χ0v) is 19.4. The summed E-state index contributed by atoms with van der Waals surface area (Å²) in [5.74, 6) is -1.01. The van der Waals surface area contributed by atoms with Gasteiger partial charge in [-0.2, -0.15) is 0 Å². The predicted octanol–water partition coefficient (Wildman–Crippen LogP) is 4.01. The lowest BCUT2D eigenvalue weighted by molar-refractivity contribution is -0.120. The summed E-state index contributed by atoms with van der Waals surface area (Å²) in [6.07, 6.45) is 0. The molecule has 0 aliphatic carbocycles. The van der Waals surface area contributed by atoms with E-state index >= 15 is 0 Å². The Bertz CT molecular complexity index is 1140. The summed E-state index contributed by atoms with van der Waals surface area (Å²) >= 11 is 3.44. The van der Waals surface area contributed by atoms with Crippen LogP contribution in [0.5, 0.6) is 0 Å². The van der Waals surface area contributed by atoms with Gasteiger partial charge in [0.2, 0.25) is 5.91 Å². The van der Waals surface area contributed by atoms with Gasteiger partial charge in [0.05, 0.1) is 18.8 Å². The summed E-state index contributed by atoms with van der Waals surface area (Å²) in [6.45, 7) is 4.70. The number of aromatic nitrogens is 1. The molecule has 168 valence electrons. The van der Waals surface area contributed by atoms with Gasteiger partial charge in [0.15, 0.2) is 0 Å². The van der Waals surface area contributed by atoms with Crippen molar-refractivity contribution in [3.63, 3.8) is 0 Å².